The van der Waals surface area contributed by atoms with E-state index in [9.17, 15) is 4.79 Å². The Balaban J connectivity index is 1.29. The quantitative estimate of drug-likeness (QED) is 0.637. The summed E-state index contributed by atoms with van der Waals surface area (Å²) < 4.78 is 0. The fourth-order valence-corrected chi connectivity index (χ4v) is 6.58. The molecule has 6 atom stereocenters. The highest BCUT2D eigenvalue weighted by atomic mass is 16.2. The number of benzene rings is 2. The van der Waals surface area contributed by atoms with Crippen molar-refractivity contribution in [1.29, 1.82) is 0 Å². The van der Waals surface area contributed by atoms with Crippen LogP contribution in [0.3, 0.4) is 0 Å². The summed E-state index contributed by atoms with van der Waals surface area (Å²) >= 11 is 0. The summed E-state index contributed by atoms with van der Waals surface area (Å²) in [7, 11) is 2.01. The van der Waals surface area contributed by atoms with Crippen LogP contribution in [0.25, 0.3) is 0 Å². The van der Waals surface area contributed by atoms with E-state index < -0.39 is 0 Å². The summed E-state index contributed by atoms with van der Waals surface area (Å²) in [6.45, 7) is 6.26. The molecular formula is C30H42N4O. The molecule has 188 valence electrons. The van der Waals surface area contributed by atoms with Gasteiger partial charge in [0.25, 0.3) is 0 Å². The zero-order chi connectivity index (χ0) is 24.2. The Morgan fingerprint density at radius 1 is 0.971 bits per heavy atom. The number of carbonyl (C=O) groups excluding carboxylic acids is 1. The molecule has 0 spiro atoms. The second-order valence-electron chi connectivity index (χ2n) is 11.0. The summed E-state index contributed by atoms with van der Waals surface area (Å²) in [5.41, 5.74) is 2.82. The molecule has 3 unspecified atom stereocenters. The van der Waals surface area contributed by atoms with E-state index in [1.54, 1.807) is 0 Å². The molecule has 3 heterocycles. The maximum atomic E-state index is 13.9. The van der Waals surface area contributed by atoms with Gasteiger partial charge in [0.1, 0.15) is 0 Å². The lowest BCUT2D eigenvalue weighted by atomic mass is 9.93. The smallest absolute Gasteiger partial charge is 0.240 e. The first-order chi connectivity index (χ1) is 17.1. The van der Waals surface area contributed by atoms with Crippen LogP contribution in [-0.4, -0.2) is 73.1 Å². The van der Waals surface area contributed by atoms with Crippen molar-refractivity contribution in [3.63, 3.8) is 0 Å². The van der Waals surface area contributed by atoms with Gasteiger partial charge in [-0.15, -0.1) is 0 Å². The van der Waals surface area contributed by atoms with Gasteiger partial charge in [-0.1, -0.05) is 60.7 Å². The monoisotopic (exact) mass is 474 g/mol. The number of nitrogens with one attached hydrogen (secondary N) is 2. The Hall–Kier alpha value is -2.21. The third kappa shape index (κ3) is 5.63. The number of piperidine rings is 1. The fourth-order valence-electron chi connectivity index (χ4n) is 6.58. The van der Waals surface area contributed by atoms with Crippen molar-refractivity contribution in [2.75, 3.05) is 33.2 Å². The Bertz CT molecular complexity index is 951. The molecule has 0 radical (unpaired) electrons. The number of carbonyl (C=O) groups is 1. The maximum Gasteiger partial charge on any atom is 0.240 e. The molecule has 0 bridgehead atoms. The van der Waals surface area contributed by atoms with E-state index in [2.05, 4.69) is 88.0 Å². The molecule has 0 saturated carbocycles. The molecular weight excluding hydrogens is 432 g/mol. The average Bonchev–Trinajstić information content (AvgIpc) is 3.56. The Morgan fingerprint density at radius 3 is 2.34 bits per heavy atom. The minimum atomic E-state index is -0.0581. The van der Waals surface area contributed by atoms with Gasteiger partial charge in [-0.3, -0.25) is 4.79 Å². The Labute approximate surface area is 211 Å². The van der Waals surface area contributed by atoms with Gasteiger partial charge in [-0.25, -0.2) is 0 Å². The minimum absolute atomic E-state index is 0.0581. The van der Waals surface area contributed by atoms with Crippen molar-refractivity contribution in [2.24, 2.45) is 0 Å². The molecule has 3 fully saturated rings. The van der Waals surface area contributed by atoms with E-state index in [1.165, 1.54) is 17.5 Å². The van der Waals surface area contributed by atoms with Crippen LogP contribution in [0.1, 0.15) is 62.0 Å². The van der Waals surface area contributed by atoms with E-state index in [0.29, 0.717) is 29.8 Å². The number of hydrogen-bond acceptors (Lipinski definition) is 4. The summed E-state index contributed by atoms with van der Waals surface area (Å²) in [6, 6.07) is 22.7. The highest BCUT2D eigenvalue weighted by molar-refractivity contribution is 5.83. The molecule has 2 N–H and O–H groups in total. The molecule has 5 heteroatoms. The molecule has 3 saturated heterocycles. The molecule has 2 aromatic rings. The average molecular weight is 475 g/mol. The van der Waals surface area contributed by atoms with Crippen LogP contribution < -0.4 is 10.6 Å². The number of amides is 1. The van der Waals surface area contributed by atoms with Crippen LogP contribution in [0.4, 0.5) is 0 Å². The summed E-state index contributed by atoms with van der Waals surface area (Å²) in [4.78, 5) is 18.8. The van der Waals surface area contributed by atoms with Gasteiger partial charge in [-0.05, 0) is 69.7 Å². The zero-order valence-electron chi connectivity index (χ0n) is 21.4. The Morgan fingerprint density at radius 2 is 1.66 bits per heavy atom. The molecule has 0 aliphatic carbocycles. The Kier molecular flexibility index (Phi) is 7.86. The van der Waals surface area contributed by atoms with Gasteiger partial charge in [0, 0.05) is 43.7 Å². The van der Waals surface area contributed by atoms with Crippen molar-refractivity contribution in [3.05, 3.63) is 71.8 Å². The van der Waals surface area contributed by atoms with Crippen LogP contribution in [0, 0.1) is 0 Å². The van der Waals surface area contributed by atoms with E-state index in [0.717, 1.165) is 51.9 Å². The van der Waals surface area contributed by atoms with Gasteiger partial charge in [0.2, 0.25) is 5.91 Å². The normalized spacial score (nSPS) is 30.5. The molecule has 1 amide bonds. The van der Waals surface area contributed by atoms with E-state index in [1.807, 2.05) is 7.05 Å². The number of nitrogens with zero attached hydrogens (tertiary/aromatic N) is 2. The SMILES string of the molecule is CNC(C)C1CCCC(C(=O)N2C[C@@H](c3ccccc3)C[C@H]2CN2CC[C@H](c3ccccc3)C2)N1. The van der Waals surface area contributed by atoms with Gasteiger partial charge < -0.3 is 20.4 Å². The first-order valence-corrected chi connectivity index (χ1v) is 13.7. The summed E-state index contributed by atoms with van der Waals surface area (Å²) in [5.74, 6) is 1.35. The lowest BCUT2D eigenvalue weighted by Crippen LogP contribution is -2.58. The molecule has 3 aliphatic heterocycles. The molecule has 3 aliphatic rings. The second-order valence-corrected chi connectivity index (χ2v) is 11.0. The number of likely N-dealkylation sites (N-methyl/N-ethyl adjacent to an activating group) is 1. The second kappa shape index (κ2) is 11.2. The lowest BCUT2D eigenvalue weighted by Gasteiger charge is -2.37. The fraction of sp³-hybridized carbons (Fsp3) is 0.567. The molecule has 2 aromatic carbocycles. The molecule has 0 aromatic heterocycles. The summed E-state index contributed by atoms with van der Waals surface area (Å²) in [6.07, 6.45) is 5.47. The third-order valence-electron chi connectivity index (χ3n) is 8.76. The van der Waals surface area contributed by atoms with Crippen molar-refractivity contribution in [2.45, 2.75) is 75.0 Å². The highest BCUT2D eigenvalue weighted by Gasteiger charge is 2.41. The van der Waals surface area contributed by atoms with Crippen molar-refractivity contribution in [1.82, 2.24) is 20.4 Å². The first-order valence-electron chi connectivity index (χ1n) is 13.7. The van der Waals surface area contributed by atoms with Crippen LogP contribution in [-0.2, 0) is 4.79 Å². The lowest BCUT2D eigenvalue weighted by molar-refractivity contribution is -0.135. The largest absolute Gasteiger partial charge is 0.336 e. The molecule has 5 rings (SSSR count). The standard InChI is InChI=1S/C30H42N4O/c1-22(31-2)28-14-9-15-29(32-28)30(35)34-20-26(24-12-7-4-8-13-24)18-27(34)21-33-17-16-25(19-33)23-10-5-3-6-11-23/h3-8,10-13,22,25-29,31-32H,9,14-21H2,1-2H3/t22?,25-,26-,27-,28?,29?/m0/s1. The van der Waals surface area contributed by atoms with Crippen LogP contribution in [0.2, 0.25) is 0 Å². The van der Waals surface area contributed by atoms with Crippen LogP contribution in [0.15, 0.2) is 60.7 Å². The van der Waals surface area contributed by atoms with Gasteiger partial charge in [-0.2, -0.15) is 0 Å². The minimum Gasteiger partial charge on any atom is -0.336 e. The predicted molar refractivity (Wildman–Crippen MR) is 143 cm³/mol. The zero-order valence-corrected chi connectivity index (χ0v) is 21.4. The predicted octanol–water partition coefficient (Wildman–Crippen LogP) is 3.98. The van der Waals surface area contributed by atoms with Crippen molar-refractivity contribution >= 4 is 5.91 Å². The van der Waals surface area contributed by atoms with E-state index in [-0.39, 0.29) is 12.1 Å². The molecule has 5 nitrogen and oxygen atoms in total. The maximum absolute atomic E-state index is 13.9. The topological polar surface area (TPSA) is 47.6 Å². The third-order valence-corrected chi connectivity index (χ3v) is 8.76. The van der Waals surface area contributed by atoms with E-state index in [4.69, 9.17) is 0 Å². The van der Waals surface area contributed by atoms with Crippen molar-refractivity contribution < 1.29 is 4.79 Å². The van der Waals surface area contributed by atoms with Gasteiger partial charge >= 0.3 is 0 Å². The van der Waals surface area contributed by atoms with Crippen LogP contribution in [0.5, 0.6) is 0 Å². The number of rotatable bonds is 7. The summed E-state index contributed by atoms with van der Waals surface area (Å²) in [5, 5.41) is 7.08. The first kappa shape index (κ1) is 24.5. The number of hydrogen-bond donors (Lipinski definition) is 2. The molecule has 35 heavy (non-hydrogen) atoms. The number of likely N-dealkylation sites (tertiary alicyclic amines) is 2. The van der Waals surface area contributed by atoms with Gasteiger partial charge in [0.15, 0.2) is 0 Å². The van der Waals surface area contributed by atoms with Crippen LogP contribution >= 0.6 is 0 Å². The van der Waals surface area contributed by atoms with E-state index >= 15 is 0 Å². The highest BCUT2D eigenvalue weighted by Crippen LogP contribution is 2.35. The van der Waals surface area contributed by atoms with Gasteiger partial charge in [0.05, 0.1) is 6.04 Å². The van der Waals surface area contributed by atoms with Crippen molar-refractivity contribution in [3.8, 4) is 0 Å².